The van der Waals surface area contributed by atoms with Crippen LogP contribution in [-0.4, -0.2) is 110 Å². The summed E-state index contributed by atoms with van der Waals surface area (Å²) in [4.78, 5) is 24.1. The fourth-order valence-corrected chi connectivity index (χ4v) is 20.2. The van der Waals surface area contributed by atoms with Crippen LogP contribution < -0.4 is 63.7 Å². The van der Waals surface area contributed by atoms with E-state index < -0.39 is 102 Å². The second kappa shape index (κ2) is 76.1. The Bertz CT molecular complexity index is 6050. The van der Waals surface area contributed by atoms with Crippen LogP contribution in [0.2, 0.25) is 0 Å². The Morgan fingerprint density at radius 1 is 0.238 bits per heavy atom. The van der Waals surface area contributed by atoms with Crippen molar-refractivity contribution in [1.29, 1.82) is 0 Å². The maximum atomic E-state index is 13.3. The Kier molecular flexibility index (Phi) is 73.8. The topological polar surface area (TPSA) is 196 Å². The molecule has 6 unspecified atom stereocenters. The molecule has 0 spiro atoms. The fraction of sp³-hybridized carbons (Fsp3) is 0.243. The number of nitrogens with zero attached hydrogens (tertiary/aromatic N) is 6. The first kappa shape index (κ1) is 139. The first-order valence-corrected chi connectivity index (χ1v) is 74.6. The van der Waals surface area contributed by atoms with Gasteiger partial charge in [0.1, 0.15) is 57.8 Å². The number of halogens is 16. The average molecular weight is 2510 g/mol. The van der Waals surface area contributed by atoms with Crippen molar-refractivity contribution < 1.29 is 150 Å². The van der Waals surface area contributed by atoms with Gasteiger partial charge in [-0.05, 0) is 227 Å². The molecule has 40 heteroatoms. The van der Waals surface area contributed by atoms with Crippen LogP contribution in [0.15, 0.2) is 236 Å². The molecule has 0 fully saturated rings. The molecule has 762 valence electrons. The van der Waals surface area contributed by atoms with Crippen molar-refractivity contribution in [3.8, 4) is 34.5 Å². The van der Waals surface area contributed by atoms with Gasteiger partial charge in [0.2, 0.25) is 0 Å². The van der Waals surface area contributed by atoms with Gasteiger partial charge in [-0.15, -0.1) is 0 Å². The molecular formula is C103H118Cl12F4N6O6P6Ti6. The van der Waals surface area contributed by atoms with E-state index in [2.05, 4.69) is 167 Å². The van der Waals surface area contributed by atoms with E-state index in [9.17, 15) is 48.2 Å². The average Bonchev–Trinajstić information content (AvgIpc) is 0.776. The van der Waals surface area contributed by atoms with Crippen molar-refractivity contribution >= 4 is 264 Å². The Balaban J connectivity index is 0.000000831. The van der Waals surface area contributed by atoms with Crippen molar-refractivity contribution in [2.75, 3.05) is 42.3 Å². The summed E-state index contributed by atoms with van der Waals surface area (Å²) in [5, 5.41) is 73.1. The molecule has 0 saturated heterocycles. The first-order valence-electron chi connectivity index (χ1n) is 42.8. The SMILES string of the molecule is CN=Cc1cc(C)ccc1Pc1cc(C(C)(C)C)cc(C(C)(C)C)c1O.CN=Cc1cc(C)ccc1Pc1cc(C(C)(C)C)cc(C)c1O.CN=Cc1cc(F)ccc1Pc1cc(C)cc(C)c1O.CN=Cc1cc(F)ccc1Pc1cc(C)ccc1O.CN=Cc1cc(F)ccc1Pc1cccc(C)c1O.CN=Cc1cc(F)ccc1Pc1ccccc1O.[Cl][Ti][Cl].[Cl][Ti][Cl].[Cl][Ti][Cl].[Cl][Ti][Cl].[Cl][Ti][Cl].[Cl][Ti][Cl]. The fourth-order valence-electron chi connectivity index (χ4n) is 12.7. The van der Waals surface area contributed by atoms with Crippen molar-refractivity contribution in [2.45, 2.75) is 127 Å². The molecule has 0 heterocycles. The number of hydrogen-bond donors (Lipinski definition) is 6. The van der Waals surface area contributed by atoms with Gasteiger partial charge < -0.3 is 30.6 Å². The van der Waals surface area contributed by atoms with Crippen LogP contribution in [0.4, 0.5) is 17.6 Å². The summed E-state index contributed by atoms with van der Waals surface area (Å²) in [6.07, 6.45) is 10.4. The molecule has 143 heavy (non-hydrogen) atoms. The number of phenols is 6. The van der Waals surface area contributed by atoms with Gasteiger partial charge in [-0.25, -0.2) is 17.6 Å². The Hall–Kier alpha value is -2.47. The van der Waals surface area contributed by atoms with Gasteiger partial charge in [-0.2, -0.15) is 0 Å². The molecule has 0 saturated carbocycles. The van der Waals surface area contributed by atoms with E-state index >= 15 is 0 Å². The molecule has 12 rings (SSSR count). The van der Waals surface area contributed by atoms with Gasteiger partial charge in [-0.3, -0.25) is 30.0 Å². The van der Waals surface area contributed by atoms with Crippen molar-refractivity contribution in [3.05, 3.63) is 319 Å². The Morgan fingerprint density at radius 2 is 0.497 bits per heavy atom. The van der Waals surface area contributed by atoms with Crippen LogP contribution in [0.3, 0.4) is 0 Å². The maximum absolute atomic E-state index is 13.3. The molecule has 6 atom stereocenters. The summed E-state index contributed by atoms with van der Waals surface area (Å²) in [7, 11) is 70.7. The van der Waals surface area contributed by atoms with E-state index in [4.69, 9.17) is 112 Å². The number of aryl methyl sites for hydroxylation is 7. The molecule has 0 aliphatic rings. The normalized spacial score (nSPS) is 11.3. The summed E-state index contributed by atoms with van der Waals surface area (Å²) in [6, 6.07) is 62.2. The van der Waals surface area contributed by atoms with E-state index in [-0.39, 0.29) is 85.3 Å². The van der Waals surface area contributed by atoms with Crippen LogP contribution in [-0.2, 0) is 118 Å². The summed E-state index contributed by atoms with van der Waals surface area (Å²) < 4.78 is 53.0. The van der Waals surface area contributed by atoms with E-state index in [1.54, 1.807) is 110 Å². The van der Waals surface area contributed by atoms with E-state index in [0.29, 0.717) is 40.2 Å². The van der Waals surface area contributed by atoms with Gasteiger partial charge in [0.05, 0.1) is 0 Å². The standard InChI is InChI=1S/C23H32NOP.C20H26NOP.C16H17FNOP.2C15H15FNOP.C14H13FNOP.12ClH.6Ti/c1-15-9-10-19(16(11-15)14-24-8)26-20-13-17(22(2,3)4)12-18(21(20)25)23(5,6)7;1-13-7-8-17(15(9-13)12-21-6)23-18-11-16(20(3,4)5)10-14(2)19(18)22;1-10-6-11(2)16(19)15(7-10)20-14-5-4-13(17)8-12(14)9-18-3;1-10-3-5-13(18)15(7-10)19-14-6-4-12(16)8-11(14)9-17-2;1-10-4-3-5-14(15(10)18)19-13-7-6-12(16)8-11(13)9-17-2;1-16-9-10-8-11(15)6-7-13(10)18-14-5-3-2-4-12(14)17;;;;;;;;;;;;;;;;;;/h9-14,25-26H,1-8H3;7-12,22-23H,1-6H3;4-9,19-20H,1-3H3;2*3-9,18-19H,1-2H3;2-9,17-18H,1H3;12*1H;;;;;;/q;;;;;;;;;;;;;;;;;;6*+2/p-12. The monoisotopic (exact) mass is 2500 g/mol. The third-order valence-electron chi connectivity index (χ3n) is 19.4. The summed E-state index contributed by atoms with van der Waals surface area (Å²) in [5.41, 5.74) is 16.1. The molecule has 0 aliphatic carbocycles. The number of hydrogen-bond acceptors (Lipinski definition) is 12. The predicted octanol–water partition coefficient (Wildman–Crippen LogP) is 27.3. The van der Waals surface area contributed by atoms with Crippen LogP contribution in [0.1, 0.15) is 151 Å². The summed E-state index contributed by atoms with van der Waals surface area (Å²) >= 11 is -3.33. The van der Waals surface area contributed by atoms with Gasteiger partial charge >= 0.3 is 214 Å². The third-order valence-corrected chi connectivity index (χ3v) is 27.7. The molecule has 12 nitrogen and oxygen atoms in total. The van der Waals surface area contributed by atoms with Crippen LogP contribution in [0.25, 0.3) is 0 Å². The van der Waals surface area contributed by atoms with Crippen molar-refractivity contribution in [2.24, 2.45) is 30.0 Å². The van der Waals surface area contributed by atoms with Gasteiger partial charge in [0.15, 0.2) is 0 Å². The Morgan fingerprint density at radius 3 is 0.839 bits per heavy atom. The van der Waals surface area contributed by atoms with Crippen LogP contribution in [0.5, 0.6) is 34.5 Å². The minimum atomic E-state index is -0.556. The molecule has 0 radical (unpaired) electrons. The summed E-state index contributed by atoms with van der Waals surface area (Å²) in [5.74, 6) is 0.886. The quantitative estimate of drug-likeness (QED) is 0.0214. The van der Waals surface area contributed by atoms with Gasteiger partial charge in [-0.1, -0.05) is 240 Å². The number of aliphatic imine (C=N–C) groups is 6. The third kappa shape index (κ3) is 53.8. The second-order valence-corrected chi connectivity index (χ2v) is 56.9. The number of phenolic OH excluding ortho intramolecular Hbond substituents is 6. The molecular weight excluding hydrogens is 2390 g/mol. The molecule has 6 N–H and O–H groups in total. The number of rotatable bonds is 18. The zero-order chi connectivity index (χ0) is 108. The van der Waals surface area contributed by atoms with Gasteiger partial charge in [0, 0.05) is 150 Å². The molecule has 0 aliphatic heterocycles. The van der Waals surface area contributed by atoms with E-state index in [1.807, 2.05) is 102 Å². The molecule has 0 aromatic heterocycles. The molecule has 12 aromatic rings. The minimum absolute atomic E-state index is 0.0356. The zero-order valence-corrected chi connectivity index (χ0v) is 107. The van der Waals surface area contributed by atoms with Crippen molar-refractivity contribution in [1.82, 2.24) is 0 Å². The molecule has 0 bridgehead atoms. The number of aromatic hydroxyl groups is 6. The zero-order valence-electron chi connectivity index (χ0n) is 83.0. The van der Waals surface area contributed by atoms with Gasteiger partial charge in [0.25, 0.3) is 0 Å². The number of para-hydroxylation sites is 2. The van der Waals surface area contributed by atoms with E-state index in [0.717, 1.165) is 120 Å². The van der Waals surface area contributed by atoms with Crippen LogP contribution >= 0.6 is 163 Å². The summed E-state index contributed by atoms with van der Waals surface area (Å²) in [6.45, 7) is 33.6. The second-order valence-electron chi connectivity index (χ2n) is 33.5. The molecule has 12 aromatic carbocycles. The Labute approximate surface area is 954 Å². The van der Waals surface area contributed by atoms with Crippen molar-refractivity contribution in [3.63, 3.8) is 0 Å². The molecule has 0 amide bonds. The van der Waals surface area contributed by atoms with E-state index in [1.165, 1.54) is 81.4 Å². The first-order chi connectivity index (χ1) is 67.6. The van der Waals surface area contributed by atoms with Crippen LogP contribution in [0, 0.1) is 71.7 Å². The number of benzene rings is 12. The predicted molar refractivity (Wildman–Crippen MR) is 613 cm³/mol.